The van der Waals surface area contributed by atoms with Crippen LogP contribution in [-0.4, -0.2) is 29.8 Å². The molecule has 2 amide bonds. The van der Waals surface area contributed by atoms with Gasteiger partial charge in [-0.25, -0.2) is 0 Å². The van der Waals surface area contributed by atoms with Gasteiger partial charge in [-0.1, -0.05) is 19.1 Å². The number of anilines is 1. The second kappa shape index (κ2) is 7.08. The van der Waals surface area contributed by atoms with Crippen LogP contribution in [0.2, 0.25) is 0 Å². The number of nitrogens with one attached hydrogen (secondary N) is 1. The SMILES string of the molecule is CCCC(=O)Nc1ccc(CC(=O)N2CCCC2)cc1. The second-order valence-corrected chi connectivity index (χ2v) is 5.26. The van der Waals surface area contributed by atoms with E-state index in [0.717, 1.165) is 43.6 Å². The van der Waals surface area contributed by atoms with Crippen molar-refractivity contribution in [3.63, 3.8) is 0 Å². The van der Waals surface area contributed by atoms with Gasteiger partial charge in [-0.05, 0) is 37.0 Å². The smallest absolute Gasteiger partial charge is 0.226 e. The Morgan fingerprint density at radius 3 is 2.40 bits per heavy atom. The summed E-state index contributed by atoms with van der Waals surface area (Å²) in [5, 5.41) is 2.84. The molecule has 0 unspecified atom stereocenters. The van der Waals surface area contributed by atoms with Gasteiger partial charge in [-0.2, -0.15) is 0 Å². The second-order valence-electron chi connectivity index (χ2n) is 5.26. The summed E-state index contributed by atoms with van der Waals surface area (Å²) in [5.41, 5.74) is 1.79. The zero-order valence-electron chi connectivity index (χ0n) is 12.0. The van der Waals surface area contributed by atoms with Gasteiger partial charge in [0.15, 0.2) is 0 Å². The van der Waals surface area contributed by atoms with Crippen LogP contribution in [0.3, 0.4) is 0 Å². The van der Waals surface area contributed by atoms with E-state index in [9.17, 15) is 9.59 Å². The van der Waals surface area contributed by atoms with Crippen LogP contribution in [0.4, 0.5) is 5.69 Å². The lowest BCUT2D eigenvalue weighted by molar-refractivity contribution is -0.129. The van der Waals surface area contributed by atoms with Gasteiger partial charge in [0.1, 0.15) is 0 Å². The standard InChI is InChI=1S/C16H22N2O2/c1-2-5-15(19)17-14-8-6-13(7-9-14)12-16(20)18-10-3-4-11-18/h6-9H,2-5,10-12H2,1H3,(H,17,19). The number of hydrogen-bond donors (Lipinski definition) is 1. The maximum atomic E-state index is 12.0. The number of rotatable bonds is 5. The van der Waals surface area contributed by atoms with Crippen molar-refractivity contribution in [1.82, 2.24) is 4.90 Å². The van der Waals surface area contributed by atoms with Crippen LogP contribution in [0, 0.1) is 0 Å². The monoisotopic (exact) mass is 274 g/mol. The van der Waals surface area contributed by atoms with E-state index >= 15 is 0 Å². The Kier molecular flexibility index (Phi) is 5.16. The predicted molar refractivity (Wildman–Crippen MR) is 79.5 cm³/mol. The summed E-state index contributed by atoms with van der Waals surface area (Å²) in [6.45, 7) is 3.76. The fourth-order valence-corrected chi connectivity index (χ4v) is 2.41. The van der Waals surface area contributed by atoms with Crippen molar-refractivity contribution in [2.75, 3.05) is 18.4 Å². The number of carbonyl (C=O) groups is 2. The van der Waals surface area contributed by atoms with E-state index < -0.39 is 0 Å². The molecule has 1 fully saturated rings. The molecule has 1 N–H and O–H groups in total. The predicted octanol–water partition coefficient (Wildman–Crippen LogP) is 2.59. The van der Waals surface area contributed by atoms with Crippen LogP contribution in [0.5, 0.6) is 0 Å². The van der Waals surface area contributed by atoms with Crippen molar-refractivity contribution in [1.29, 1.82) is 0 Å². The molecule has 4 nitrogen and oxygen atoms in total. The number of amides is 2. The van der Waals surface area contributed by atoms with Gasteiger partial charge in [0.25, 0.3) is 0 Å². The average Bonchev–Trinajstić information content (AvgIpc) is 2.95. The number of carbonyl (C=O) groups excluding carboxylic acids is 2. The first-order chi connectivity index (χ1) is 9.69. The fourth-order valence-electron chi connectivity index (χ4n) is 2.41. The number of nitrogens with zero attached hydrogens (tertiary/aromatic N) is 1. The van der Waals surface area contributed by atoms with Gasteiger partial charge in [-0.3, -0.25) is 9.59 Å². The topological polar surface area (TPSA) is 49.4 Å². The molecule has 108 valence electrons. The molecule has 1 saturated heterocycles. The minimum atomic E-state index is 0.0355. The van der Waals surface area contributed by atoms with Crippen molar-refractivity contribution in [3.05, 3.63) is 29.8 Å². The van der Waals surface area contributed by atoms with Crippen LogP contribution in [0.1, 0.15) is 38.2 Å². The molecule has 0 radical (unpaired) electrons. The maximum absolute atomic E-state index is 12.0. The molecule has 1 aromatic rings. The van der Waals surface area contributed by atoms with Crippen molar-refractivity contribution < 1.29 is 9.59 Å². The first kappa shape index (κ1) is 14.6. The molecule has 2 rings (SSSR count). The minimum absolute atomic E-state index is 0.0355. The van der Waals surface area contributed by atoms with E-state index in [0.29, 0.717) is 12.8 Å². The lowest BCUT2D eigenvalue weighted by atomic mass is 10.1. The summed E-state index contributed by atoms with van der Waals surface area (Å²) in [6.07, 6.45) is 4.06. The summed E-state index contributed by atoms with van der Waals surface area (Å²) < 4.78 is 0. The summed E-state index contributed by atoms with van der Waals surface area (Å²) >= 11 is 0. The highest BCUT2D eigenvalue weighted by atomic mass is 16.2. The number of hydrogen-bond acceptors (Lipinski definition) is 2. The Morgan fingerprint density at radius 2 is 1.80 bits per heavy atom. The molecule has 0 aromatic heterocycles. The van der Waals surface area contributed by atoms with E-state index in [1.165, 1.54) is 0 Å². The highest BCUT2D eigenvalue weighted by Gasteiger charge is 2.17. The molecule has 20 heavy (non-hydrogen) atoms. The quantitative estimate of drug-likeness (QED) is 0.897. The van der Waals surface area contributed by atoms with Gasteiger partial charge in [0.05, 0.1) is 6.42 Å². The third-order valence-electron chi connectivity index (χ3n) is 3.53. The highest BCUT2D eigenvalue weighted by molar-refractivity contribution is 5.90. The lowest BCUT2D eigenvalue weighted by Crippen LogP contribution is -2.29. The van der Waals surface area contributed by atoms with Crippen LogP contribution in [0.25, 0.3) is 0 Å². The molecule has 0 aliphatic carbocycles. The van der Waals surface area contributed by atoms with Gasteiger partial charge in [0.2, 0.25) is 11.8 Å². The Balaban J connectivity index is 1.87. The van der Waals surface area contributed by atoms with E-state index in [4.69, 9.17) is 0 Å². The fraction of sp³-hybridized carbons (Fsp3) is 0.500. The Bertz CT molecular complexity index is 462. The largest absolute Gasteiger partial charge is 0.342 e. The molecular weight excluding hydrogens is 252 g/mol. The molecule has 0 atom stereocenters. The first-order valence-electron chi connectivity index (χ1n) is 7.35. The van der Waals surface area contributed by atoms with Crippen molar-refractivity contribution in [3.8, 4) is 0 Å². The molecule has 1 aliphatic rings. The number of likely N-dealkylation sites (tertiary alicyclic amines) is 1. The van der Waals surface area contributed by atoms with Gasteiger partial charge >= 0.3 is 0 Å². The summed E-state index contributed by atoms with van der Waals surface area (Å²) in [6, 6.07) is 7.55. The zero-order valence-corrected chi connectivity index (χ0v) is 12.0. The van der Waals surface area contributed by atoms with E-state index in [1.807, 2.05) is 36.1 Å². The van der Waals surface area contributed by atoms with Gasteiger partial charge in [-0.15, -0.1) is 0 Å². The number of benzene rings is 1. The first-order valence-corrected chi connectivity index (χ1v) is 7.35. The average molecular weight is 274 g/mol. The van der Waals surface area contributed by atoms with Crippen molar-refractivity contribution in [2.24, 2.45) is 0 Å². The third-order valence-corrected chi connectivity index (χ3v) is 3.53. The lowest BCUT2D eigenvalue weighted by Gasteiger charge is -2.15. The highest BCUT2D eigenvalue weighted by Crippen LogP contribution is 2.14. The van der Waals surface area contributed by atoms with Crippen molar-refractivity contribution in [2.45, 2.75) is 39.0 Å². The van der Waals surface area contributed by atoms with Gasteiger partial charge < -0.3 is 10.2 Å². The van der Waals surface area contributed by atoms with Crippen LogP contribution in [0.15, 0.2) is 24.3 Å². The van der Waals surface area contributed by atoms with Crippen LogP contribution < -0.4 is 5.32 Å². The Morgan fingerprint density at radius 1 is 1.15 bits per heavy atom. The molecule has 1 heterocycles. The third kappa shape index (κ3) is 4.08. The summed E-state index contributed by atoms with van der Waals surface area (Å²) in [4.78, 5) is 25.4. The molecule has 1 aromatic carbocycles. The molecule has 0 saturated carbocycles. The Hall–Kier alpha value is -1.84. The maximum Gasteiger partial charge on any atom is 0.226 e. The van der Waals surface area contributed by atoms with E-state index in [1.54, 1.807) is 0 Å². The minimum Gasteiger partial charge on any atom is -0.342 e. The van der Waals surface area contributed by atoms with E-state index in [2.05, 4.69) is 5.32 Å². The molecular formula is C16H22N2O2. The van der Waals surface area contributed by atoms with E-state index in [-0.39, 0.29) is 11.8 Å². The molecule has 4 heteroatoms. The van der Waals surface area contributed by atoms with Crippen LogP contribution >= 0.6 is 0 Å². The van der Waals surface area contributed by atoms with Gasteiger partial charge in [0, 0.05) is 25.2 Å². The van der Waals surface area contributed by atoms with Crippen LogP contribution in [-0.2, 0) is 16.0 Å². The summed E-state index contributed by atoms with van der Waals surface area (Å²) in [7, 11) is 0. The normalized spacial score (nSPS) is 14.3. The molecule has 0 bridgehead atoms. The van der Waals surface area contributed by atoms with Crippen molar-refractivity contribution >= 4 is 17.5 Å². The summed E-state index contributed by atoms with van der Waals surface area (Å²) in [5.74, 6) is 0.235. The molecule has 1 aliphatic heterocycles. The molecule has 0 spiro atoms. The Labute approximate surface area is 120 Å². The zero-order chi connectivity index (χ0) is 14.4.